The zero-order valence-electron chi connectivity index (χ0n) is 16.9. The number of rotatable bonds is 2. The number of amides is 3. The number of carbonyl (C=O) groups is 3. The Morgan fingerprint density at radius 1 is 1.00 bits per heavy atom. The van der Waals surface area contributed by atoms with Gasteiger partial charge < -0.3 is 21.1 Å². The lowest BCUT2D eigenvalue weighted by molar-refractivity contribution is -0.128. The normalized spacial score (nSPS) is 21.8. The van der Waals surface area contributed by atoms with Crippen molar-refractivity contribution in [1.82, 2.24) is 16.0 Å². The first-order valence-corrected chi connectivity index (χ1v) is 10.3. The zero-order valence-corrected chi connectivity index (χ0v) is 16.9. The van der Waals surface area contributed by atoms with E-state index in [1.807, 2.05) is 12.1 Å². The predicted molar refractivity (Wildman–Crippen MR) is 115 cm³/mol. The number of nitrogens with zero attached hydrogens (tertiary/aromatic N) is 1. The van der Waals surface area contributed by atoms with Gasteiger partial charge in [-0.05, 0) is 42.2 Å². The van der Waals surface area contributed by atoms with Crippen LogP contribution in [0.4, 0.5) is 0 Å². The second kappa shape index (κ2) is 8.99. The average molecular weight is 420 g/mol. The Labute approximate surface area is 179 Å². The third-order valence-electron chi connectivity index (χ3n) is 5.39. The molecule has 0 fully saturated rings. The molecule has 0 saturated heterocycles. The number of hydrogen-bond acceptors (Lipinski definition) is 5. The number of carbonyl (C=O) groups excluding carboxylic acids is 3. The van der Waals surface area contributed by atoms with Crippen LogP contribution in [-0.4, -0.2) is 47.7 Å². The van der Waals surface area contributed by atoms with Gasteiger partial charge in [-0.25, -0.2) is 0 Å². The van der Waals surface area contributed by atoms with Crippen LogP contribution in [-0.2, 0) is 16.0 Å². The van der Waals surface area contributed by atoms with E-state index in [1.165, 1.54) is 12.1 Å². The quantitative estimate of drug-likeness (QED) is 0.585. The molecule has 0 spiro atoms. The molecule has 2 aliphatic rings. The minimum Gasteiger partial charge on any atom is -0.508 e. The van der Waals surface area contributed by atoms with E-state index in [0.29, 0.717) is 12.1 Å². The van der Waals surface area contributed by atoms with Crippen LogP contribution in [0.25, 0.3) is 0 Å². The number of fused-ring (bicyclic) bond motifs is 3. The number of benzene rings is 2. The largest absolute Gasteiger partial charge is 0.508 e. The molecule has 2 aromatic carbocycles. The molecule has 2 aliphatic heterocycles. The molecule has 4 N–H and O–H groups in total. The maximum absolute atomic E-state index is 12.7. The van der Waals surface area contributed by atoms with Gasteiger partial charge in [0.05, 0.1) is 6.54 Å². The molecule has 0 saturated carbocycles. The first kappa shape index (κ1) is 20.6. The standard InChI is InChI=1S/C23H24N4O4/c28-15-9-7-14(8-10-15)12-19-23(31)24-11-3-6-18-21(27-18)16-4-1-2-5-17(16)22(30)25-13-20(29)26-19/h1-2,4-5,7-10,19,21,28H,3,6,11-13H2,(H,24,31)(H,25,30)(H,26,29)/t19-,21?/m0/s1. The van der Waals surface area contributed by atoms with Gasteiger partial charge >= 0.3 is 0 Å². The minimum absolute atomic E-state index is 0.0983. The van der Waals surface area contributed by atoms with Gasteiger partial charge in [0.25, 0.3) is 5.91 Å². The molecule has 2 atom stereocenters. The van der Waals surface area contributed by atoms with Crippen molar-refractivity contribution in [3.8, 4) is 5.75 Å². The van der Waals surface area contributed by atoms with Crippen molar-refractivity contribution in [1.29, 1.82) is 0 Å². The lowest BCUT2D eigenvalue weighted by atomic mass is 10.00. The van der Waals surface area contributed by atoms with Gasteiger partial charge in [0.1, 0.15) is 17.8 Å². The fourth-order valence-electron chi connectivity index (χ4n) is 3.70. The van der Waals surface area contributed by atoms with Gasteiger partial charge in [-0.1, -0.05) is 30.3 Å². The van der Waals surface area contributed by atoms with E-state index in [-0.39, 0.29) is 36.6 Å². The van der Waals surface area contributed by atoms with E-state index in [4.69, 9.17) is 0 Å². The minimum atomic E-state index is -0.794. The van der Waals surface area contributed by atoms with Gasteiger partial charge in [0, 0.05) is 24.2 Å². The second-order valence-electron chi connectivity index (χ2n) is 7.68. The molecule has 0 aromatic heterocycles. The molecule has 1 unspecified atom stereocenters. The number of phenols is 1. The summed E-state index contributed by atoms with van der Waals surface area (Å²) in [7, 11) is 0. The van der Waals surface area contributed by atoms with Crippen LogP contribution in [0.2, 0.25) is 0 Å². The van der Waals surface area contributed by atoms with Gasteiger partial charge in [-0.15, -0.1) is 0 Å². The van der Waals surface area contributed by atoms with Gasteiger partial charge in [-0.2, -0.15) is 0 Å². The summed E-state index contributed by atoms with van der Waals surface area (Å²) in [5.41, 5.74) is 3.15. The summed E-state index contributed by atoms with van der Waals surface area (Å²) in [5.74, 6) is -0.964. The Bertz CT molecular complexity index is 1030. The molecule has 0 bridgehead atoms. The van der Waals surface area contributed by atoms with Crippen LogP contribution in [0.1, 0.15) is 40.4 Å². The number of aromatic hydroxyl groups is 1. The third kappa shape index (κ3) is 5.09. The summed E-state index contributed by atoms with van der Waals surface area (Å²) in [6.07, 6.45) is 1.72. The molecule has 3 amide bonds. The number of hydrogen-bond donors (Lipinski definition) is 4. The van der Waals surface area contributed by atoms with E-state index < -0.39 is 11.9 Å². The number of nitrogens with one attached hydrogen (secondary N) is 3. The van der Waals surface area contributed by atoms with Crippen molar-refractivity contribution in [2.75, 3.05) is 13.1 Å². The average Bonchev–Trinajstić information content (AvgIpc) is 3.55. The van der Waals surface area contributed by atoms with Crippen molar-refractivity contribution in [3.05, 3.63) is 65.2 Å². The molecular formula is C23H24N4O4. The summed E-state index contributed by atoms with van der Waals surface area (Å²) in [4.78, 5) is 42.4. The highest BCUT2D eigenvalue weighted by Crippen LogP contribution is 2.35. The van der Waals surface area contributed by atoms with Gasteiger partial charge in [-0.3, -0.25) is 19.4 Å². The molecule has 8 heteroatoms. The molecule has 2 heterocycles. The van der Waals surface area contributed by atoms with Crippen LogP contribution >= 0.6 is 0 Å². The van der Waals surface area contributed by atoms with E-state index in [0.717, 1.165) is 29.7 Å². The first-order chi connectivity index (χ1) is 15.0. The predicted octanol–water partition coefficient (Wildman–Crippen LogP) is 1.26. The van der Waals surface area contributed by atoms with Crippen molar-refractivity contribution in [2.24, 2.45) is 4.99 Å². The summed E-state index contributed by atoms with van der Waals surface area (Å²) in [6.45, 7) is 0.219. The highest BCUT2D eigenvalue weighted by Gasteiger charge is 2.32. The topological polar surface area (TPSA) is 120 Å². The van der Waals surface area contributed by atoms with Crippen molar-refractivity contribution < 1.29 is 19.5 Å². The van der Waals surface area contributed by atoms with Crippen LogP contribution in [0.15, 0.2) is 53.5 Å². The Morgan fingerprint density at radius 2 is 1.77 bits per heavy atom. The highest BCUT2D eigenvalue weighted by atomic mass is 16.3. The lowest BCUT2D eigenvalue weighted by Gasteiger charge is -2.19. The second-order valence-corrected chi connectivity index (χ2v) is 7.68. The smallest absolute Gasteiger partial charge is 0.252 e. The summed E-state index contributed by atoms with van der Waals surface area (Å²) >= 11 is 0. The van der Waals surface area contributed by atoms with Crippen LogP contribution in [0.5, 0.6) is 5.75 Å². The van der Waals surface area contributed by atoms with Crippen LogP contribution in [0.3, 0.4) is 0 Å². The summed E-state index contributed by atoms with van der Waals surface area (Å²) in [6, 6.07) is 12.8. The lowest BCUT2D eigenvalue weighted by Crippen LogP contribution is -2.50. The summed E-state index contributed by atoms with van der Waals surface area (Å²) in [5, 5.41) is 17.7. The van der Waals surface area contributed by atoms with Crippen molar-refractivity contribution in [3.63, 3.8) is 0 Å². The zero-order chi connectivity index (χ0) is 21.8. The SMILES string of the molecule is O=C1CNC(=O)c2ccccc2C2N=C2CCCNC(=O)[C@H](Cc2ccc(O)cc2)N1. The molecular weight excluding hydrogens is 396 g/mol. The van der Waals surface area contributed by atoms with E-state index in [9.17, 15) is 19.5 Å². The Morgan fingerprint density at radius 3 is 2.58 bits per heavy atom. The van der Waals surface area contributed by atoms with E-state index in [2.05, 4.69) is 20.9 Å². The van der Waals surface area contributed by atoms with E-state index >= 15 is 0 Å². The summed E-state index contributed by atoms with van der Waals surface area (Å²) < 4.78 is 0. The van der Waals surface area contributed by atoms with Crippen molar-refractivity contribution >= 4 is 23.4 Å². The Balaban J connectivity index is 1.50. The van der Waals surface area contributed by atoms with E-state index in [1.54, 1.807) is 24.3 Å². The number of phenolic OH excluding ortho intramolecular Hbond substituents is 1. The molecule has 4 rings (SSSR count). The van der Waals surface area contributed by atoms with Gasteiger partial charge in [0.15, 0.2) is 0 Å². The Hall–Kier alpha value is -3.68. The highest BCUT2D eigenvalue weighted by molar-refractivity contribution is 6.05. The third-order valence-corrected chi connectivity index (χ3v) is 5.39. The van der Waals surface area contributed by atoms with Gasteiger partial charge in [0.2, 0.25) is 11.8 Å². The molecule has 160 valence electrons. The van der Waals surface area contributed by atoms with Crippen molar-refractivity contribution in [2.45, 2.75) is 31.3 Å². The molecule has 2 aromatic rings. The van der Waals surface area contributed by atoms with Crippen LogP contribution in [0, 0.1) is 0 Å². The maximum atomic E-state index is 12.7. The molecule has 8 nitrogen and oxygen atoms in total. The fraction of sp³-hybridized carbons (Fsp3) is 0.304. The maximum Gasteiger partial charge on any atom is 0.252 e. The Kier molecular flexibility index (Phi) is 5.97. The number of aliphatic imine (C=N–C) groups is 1. The van der Waals surface area contributed by atoms with Crippen LogP contribution < -0.4 is 16.0 Å². The molecule has 0 aliphatic carbocycles. The molecule has 31 heavy (non-hydrogen) atoms. The monoisotopic (exact) mass is 420 g/mol. The fourth-order valence-corrected chi connectivity index (χ4v) is 3.70. The first-order valence-electron chi connectivity index (χ1n) is 10.3. The molecule has 0 radical (unpaired) electrons.